The van der Waals surface area contributed by atoms with Crippen LogP contribution in [0.2, 0.25) is 0 Å². The van der Waals surface area contributed by atoms with Gasteiger partial charge in [0.05, 0.1) is 11.1 Å². The average Bonchev–Trinajstić information content (AvgIpc) is 3.59. The molecule has 0 bridgehead atoms. The van der Waals surface area contributed by atoms with Crippen LogP contribution >= 0.6 is 0 Å². The molecule has 0 fully saturated rings. The molecule has 0 saturated heterocycles. The monoisotopic (exact) mass is 474 g/mol. The number of aryl methyl sites for hydroxylation is 1. The van der Waals surface area contributed by atoms with Gasteiger partial charge in [-0.1, -0.05) is 35.5 Å². The number of halogens is 3. The topological polar surface area (TPSA) is 63.9 Å². The molecule has 1 aliphatic rings. The van der Waals surface area contributed by atoms with E-state index in [4.69, 9.17) is 9.26 Å². The zero-order chi connectivity index (χ0) is 24.0. The fraction of sp³-hybridized carbons (Fsp3) is 0.148. The molecule has 0 atom stereocenters. The molecule has 1 aliphatic carbocycles. The molecular formula is C27H19F3N3O2. The van der Waals surface area contributed by atoms with Crippen LogP contribution in [-0.2, 0) is 19.2 Å². The lowest BCUT2D eigenvalue weighted by atomic mass is 10.1. The van der Waals surface area contributed by atoms with Gasteiger partial charge in [0, 0.05) is 28.6 Å². The van der Waals surface area contributed by atoms with Gasteiger partial charge >= 0.3 is 6.18 Å². The van der Waals surface area contributed by atoms with Crippen molar-refractivity contribution < 1.29 is 22.4 Å². The molecule has 0 spiro atoms. The molecule has 8 heteroatoms. The molecule has 3 aromatic carbocycles. The molecule has 35 heavy (non-hydrogen) atoms. The van der Waals surface area contributed by atoms with Crippen LogP contribution in [0.25, 0.3) is 33.7 Å². The zero-order valence-electron chi connectivity index (χ0n) is 18.4. The number of rotatable bonds is 5. The second kappa shape index (κ2) is 8.30. The zero-order valence-corrected chi connectivity index (χ0v) is 18.4. The lowest BCUT2D eigenvalue weighted by Gasteiger charge is -2.13. The van der Waals surface area contributed by atoms with E-state index in [0.29, 0.717) is 11.4 Å². The van der Waals surface area contributed by atoms with Crippen LogP contribution in [0.15, 0.2) is 71.3 Å². The van der Waals surface area contributed by atoms with Gasteiger partial charge in [0.15, 0.2) is 0 Å². The molecule has 0 unspecified atom stereocenters. The summed E-state index contributed by atoms with van der Waals surface area (Å²) >= 11 is 0. The largest absolute Gasteiger partial charge is 0.488 e. The maximum atomic E-state index is 13.4. The molecule has 6 rings (SSSR count). The fourth-order valence-electron chi connectivity index (χ4n) is 4.39. The van der Waals surface area contributed by atoms with Crippen LogP contribution in [0, 0.1) is 6.42 Å². The van der Waals surface area contributed by atoms with Crippen LogP contribution in [0.5, 0.6) is 5.75 Å². The molecule has 5 aromatic rings. The van der Waals surface area contributed by atoms with E-state index in [1.165, 1.54) is 11.6 Å². The molecule has 0 saturated carbocycles. The third-order valence-electron chi connectivity index (χ3n) is 6.14. The van der Waals surface area contributed by atoms with Crippen molar-refractivity contribution in [3.63, 3.8) is 0 Å². The van der Waals surface area contributed by atoms with Crippen LogP contribution in [-0.4, -0.2) is 15.1 Å². The molecule has 0 aliphatic heterocycles. The van der Waals surface area contributed by atoms with Gasteiger partial charge < -0.3 is 14.2 Å². The van der Waals surface area contributed by atoms with E-state index >= 15 is 0 Å². The Labute approximate surface area is 198 Å². The van der Waals surface area contributed by atoms with Gasteiger partial charge in [0.2, 0.25) is 5.82 Å². The maximum Gasteiger partial charge on any atom is 0.416 e. The van der Waals surface area contributed by atoms with Crippen molar-refractivity contribution in [3.8, 4) is 28.6 Å². The minimum absolute atomic E-state index is 0.0216. The Kier molecular flexibility index (Phi) is 5.09. The number of ether oxygens (including phenoxy) is 1. The quantitative estimate of drug-likeness (QED) is 0.298. The summed E-state index contributed by atoms with van der Waals surface area (Å²) in [7, 11) is 0. The van der Waals surface area contributed by atoms with Crippen LogP contribution < -0.4 is 4.74 Å². The lowest BCUT2D eigenvalue weighted by Crippen LogP contribution is -2.06. The smallest absolute Gasteiger partial charge is 0.416 e. The standard InChI is InChI=1S/C27H19F3N3O2/c28-27(29,30)18-10-11-20(24(14-18)34-15-16-5-2-1-3-6-16)26-32-25(33-35-26)17-9-12-23-21(13-17)19-7-4-8-22(19)31-23/h1-3,5-6,8-14,31H,4,7,15H2. The maximum absolute atomic E-state index is 13.4. The van der Waals surface area contributed by atoms with Gasteiger partial charge in [-0.15, -0.1) is 0 Å². The number of hydrogen-bond acceptors (Lipinski definition) is 4. The van der Waals surface area contributed by atoms with Gasteiger partial charge in [-0.25, -0.2) is 0 Å². The Bertz CT molecular complexity index is 1520. The van der Waals surface area contributed by atoms with E-state index in [1.807, 2.05) is 48.5 Å². The van der Waals surface area contributed by atoms with Gasteiger partial charge in [-0.3, -0.25) is 0 Å². The number of aromatic nitrogens is 3. The number of hydrogen-bond donors (Lipinski definition) is 1. The Balaban J connectivity index is 1.35. The van der Waals surface area contributed by atoms with Crippen molar-refractivity contribution in [1.82, 2.24) is 15.1 Å². The minimum Gasteiger partial charge on any atom is -0.488 e. The molecular weight excluding hydrogens is 455 g/mol. The number of benzene rings is 3. The van der Waals surface area contributed by atoms with Crippen molar-refractivity contribution in [2.75, 3.05) is 0 Å². The summed E-state index contributed by atoms with van der Waals surface area (Å²) in [6.07, 6.45) is -0.340. The van der Waals surface area contributed by atoms with E-state index in [-0.39, 0.29) is 18.2 Å². The predicted octanol–water partition coefficient (Wildman–Crippen LogP) is 6.98. The number of nitrogens with zero attached hydrogens (tertiary/aromatic N) is 2. The van der Waals surface area contributed by atoms with Crippen molar-refractivity contribution in [2.45, 2.75) is 25.6 Å². The minimum atomic E-state index is -4.51. The summed E-state index contributed by atoms with van der Waals surface area (Å²) in [5.74, 6) is 0.463. The van der Waals surface area contributed by atoms with E-state index < -0.39 is 11.7 Å². The Morgan fingerprint density at radius 2 is 1.86 bits per heavy atom. The summed E-state index contributed by atoms with van der Waals surface area (Å²) in [4.78, 5) is 7.90. The first-order valence-corrected chi connectivity index (χ1v) is 11.2. The van der Waals surface area contributed by atoms with Crippen molar-refractivity contribution in [1.29, 1.82) is 0 Å². The molecule has 1 N–H and O–H groups in total. The van der Waals surface area contributed by atoms with E-state index in [0.717, 1.165) is 52.7 Å². The number of nitrogens with one attached hydrogen (secondary N) is 1. The van der Waals surface area contributed by atoms with Gasteiger partial charge in [-0.2, -0.15) is 18.2 Å². The molecule has 2 heterocycles. The highest BCUT2D eigenvalue weighted by Crippen LogP contribution is 2.38. The SMILES string of the molecule is FC(F)(F)c1ccc(-c2nc(-c3ccc4[nH]c5c(c4c3)CC[CH]5)no2)c(OCc2ccccc2)c1. The third-order valence-corrected chi connectivity index (χ3v) is 6.14. The first-order chi connectivity index (χ1) is 17.0. The molecule has 1 radical (unpaired) electrons. The highest BCUT2D eigenvalue weighted by molar-refractivity contribution is 5.89. The predicted molar refractivity (Wildman–Crippen MR) is 125 cm³/mol. The van der Waals surface area contributed by atoms with Gasteiger partial charge in [-0.05, 0) is 60.4 Å². The van der Waals surface area contributed by atoms with Gasteiger partial charge in [0.25, 0.3) is 5.89 Å². The lowest BCUT2D eigenvalue weighted by molar-refractivity contribution is -0.137. The van der Waals surface area contributed by atoms with E-state index in [9.17, 15) is 13.2 Å². The number of alkyl halides is 3. The number of fused-ring (bicyclic) bond motifs is 3. The molecule has 0 amide bonds. The summed E-state index contributed by atoms with van der Waals surface area (Å²) in [6, 6.07) is 18.3. The average molecular weight is 474 g/mol. The highest BCUT2D eigenvalue weighted by Gasteiger charge is 2.32. The van der Waals surface area contributed by atoms with Crippen molar-refractivity contribution in [3.05, 3.63) is 95.5 Å². The normalized spacial score (nSPS) is 13.3. The summed E-state index contributed by atoms with van der Waals surface area (Å²) < 4.78 is 51.4. The fourth-order valence-corrected chi connectivity index (χ4v) is 4.39. The number of aromatic amines is 1. The Hall–Kier alpha value is -4.07. The Morgan fingerprint density at radius 1 is 1.00 bits per heavy atom. The summed E-state index contributed by atoms with van der Waals surface area (Å²) in [6.45, 7) is 0.0996. The van der Waals surface area contributed by atoms with Gasteiger partial charge in [0.1, 0.15) is 12.4 Å². The van der Waals surface area contributed by atoms with Crippen molar-refractivity contribution in [2.24, 2.45) is 0 Å². The second-order valence-corrected chi connectivity index (χ2v) is 8.43. The van der Waals surface area contributed by atoms with Crippen LogP contribution in [0.3, 0.4) is 0 Å². The van der Waals surface area contributed by atoms with E-state index in [1.54, 1.807) is 0 Å². The highest BCUT2D eigenvalue weighted by atomic mass is 19.4. The summed E-state index contributed by atoms with van der Waals surface area (Å²) in [5.41, 5.74) is 4.53. The Morgan fingerprint density at radius 3 is 2.69 bits per heavy atom. The third kappa shape index (κ3) is 4.05. The van der Waals surface area contributed by atoms with E-state index in [2.05, 4.69) is 21.5 Å². The van der Waals surface area contributed by atoms with Crippen molar-refractivity contribution >= 4 is 10.9 Å². The molecule has 175 valence electrons. The van der Waals surface area contributed by atoms with Crippen LogP contribution in [0.4, 0.5) is 13.2 Å². The van der Waals surface area contributed by atoms with Crippen LogP contribution in [0.1, 0.15) is 28.8 Å². The molecule has 2 aromatic heterocycles. The first-order valence-electron chi connectivity index (χ1n) is 11.2. The summed E-state index contributed by atoms with van der Waals surface area (Å²) in [5, 5.41) is 5.21. The molecule has 5 nitrogen and oxygen atoms in total. The first kappa shape index (κ1) is 21.5. The number of H-pyrrole nitrogens is 1. The second-order valence-electron chi connectivity index (χ2n) is 8.43.